The lowest BCUT2D eigenvalue weighted by molar-refractivity contribution is 0.0215. The van der Waals surface area contributed by atoms with E-state index in [2.05, 4.69) is 9.88 Å². The van der Waals surface area contributed by atoms with Gasteiger partial charge in [0.2, 0.25) is 0 Å². The first-order valence-corrected chi connectivity index (χ1v) is 7.98. The van der Waals surface area contributed by atoms with E-state index in [9.17, 15) is 4.79 Å². The van der Waals surface area contributed by atoms with Crippen LogP contribution in [-0.4, -0.2) is 46.8 Å². The van der Waals surface area contributed by atoms with Crippen LogP contribution in [0.3, 0.4) is 0 Å². The van der Waals surface area contributed by atoms with Crippen molar-refractivity contribution in [1.29, 1.82) is 5.26 Å². The van der Waals surface area contributed by atoms with Crippen LogP contribution < -0.4 is 4.90 Å². The number of halogens is 1. The second kappa shape index (κ2) is 5.57. The molecule has 2 fully saturated rings. The minimum absolute atomic E-state index is 0.143. The minimum atomic E-state index is -0.483. The van der Waals surface area contributed by atoms with E-state index in [1.807, 2.05) is 31.7 Å². The molecule has 2 bridgehead atoms. The van der Waals surface area contributed by atoms with Crippen LogP contribution in [0.4, 0.5) is 10.5 Å². The molecule has 23 heavy (non-hydrogen) atoms. The van der Waals surface area contributed by atoms with Crippen molar-refractivity contribution in [3.05, 3.63) is 23.0 Å². The number of nitriles is 1. The predicted octanol–water partition coefficient (Wildman–Crippen LogP) is 2.80. The Bertz CT molecular complexity index is 680. The number of rotatable bonds is 1. The van der Waals surface area contributed by atoms with E-state index in [0.717, 1.165) is 18.7 Å². The maximum atomic E-state index is 12.2. The molecule has 122 valence electrons. The summed E-state index contributed by atoms with van der Waals surface area (Å²) in [6, 6.07) is 4.11. The Morgan fingerprint density at radius 1 is 1.43 bits per heavy atom. The Morgan fingerprint density at radius 2 is 2.17 bits per heavy atom. The molecule has 2 atom stereocenters. The Balaban J connectivity index is 1.70. The van der Waals surface area contributed by atoms with Crippen molar-refractivity contribution in [2.24, 2.45) is 0 Å². The first-order chi connectivity index (χ1) is 10.8. The van der Waals surface area contributed by atoms with Crippen LogP contribution in [0.2, 0.25) is 5.02 Å². The van der Waals surface area contributed by atoms with E-state index in [1.165, 1.54) is 0 Å². The highest BCUT2D eigenvalue weighted by Crippen LogP contribution is 2.36. The number of piperazine rings is 1. The number of anilines is 1. The third-order valence-corrected chi connectivity index (χ3v) is 4.42. The van der Waals surface area contributed by atoms with Gasteiger partial charge in [-0.1, -0.05) is 11.6 Å². The molecule has 2 unspecified atom stereocenters. The van der Waals surface area contributed by atoms with Gasteiger partial charge in [0.1, 0.15) is 11.7 Å². The molecule has 3 heterocycles. The van der Waals surface area contributed by atoms with Gasteiger partial charge in [-0.2, -0.15) is 5.26 Å². The van der Waals surface area contributed by atoms with Crippen molar-refractivity contribution in [1.82, 2.24) is 9.88 Å². The maximum absolute atomic E-state index is 12.2. The number of carbonyl (C=O) groups excluding carboxylic acids is 1. The summed E-state index contributed by atoms with van der Waals surface area (Å²) in [7, 11) is 0. The number of hydrogen-bond acceptors (Lipinski definition) is 5. The van der Waals surface area contributed by atoms with E-state index in [-0.39, 0.29) is 23.9 Å². The normalized spacial score (nSPS) is 23.1. The molecule has 1 aromatic rings. The highest BCUT2D eigenvalue weighted by atomic mass is 35.5. The van der Waals surface area contributed by atoms with Crippen molar-refractivity contribution in [3.63, 3.8) is 0 Å². The van der Waals surface area contributed by atoms with Crippen LogP contribution in [0, 0.1) is 11.3 Å². The molecule has 0 spiro atoms. The molecule has 2 aliphatic heterocycles. The number of fused-ring (bicyclic) bond motifs is 2. The number of aromatic nitrogens is 1. The molecular weight excluding hydrogens is 316 g/mol. The average Bonchev–Trinajstić information content (AvgIpc) is 3.05. The van der Waals surface area contributed by atoms with Crippen LogP contribution in [0.1, 0.15) is 32.9 Å². The third-order valence-electron chi connectivity index (χ3n) is 4.13. The summed E-state index contributed by atoms with van der Waals surface area (Å²) in [4.78, 5) is 20.3. The van der Waals surface area contributed by atoms with E-state index in [4.69, 9.17) is 21.6 Å². The molecule has 0 radical (unpaired) electrons. The number of amides is 1. The zero-order chi connectivity index (χ0) is 16.8. The molecule has 0 aromatic carbocycles. The standard InChI is InChI=1S/C16H19ClN4O2/c1-16(2,3)23-15(22)21-9-11-4-12(21)8-20(11)10-5-13(17)14(6-18)19-7-10/h5,7,11-12H,4,8-9H2,1-3H3. The smallest absolute Gasteiger partial charge is 0.410 e. The van der Waals surface area contributed by atoms with Gasteiger partial charge >= 0.3 is 6.09 Å². The summed E-state index contributed by atoms with van der Waals surface area (Å²) < 4.78 is 5.46. The Kier molecular flexibility index (Phi) is 3.85. The van der Waals surface area contributed by atoms with E-state index < -0.39 is 5.60 Å². The van der Waals surface area contributed by atoms with Gasteiger partial charge < -0.3 is 14.5 Å². The third kappa shape index (κ3) is 3.06. The number of carbonyl (C=O) groups is 1. The molecule has 3 rings (SSSR count). The van der Waals surface area contributed by atoms with Crippen LogP contribution in [0.25, 0.3) is 0 Å². The lowest BCUT2D eigenvalue weighted by Gasteiger charge is -2.36. The van der Waals surface area contributed by atoms with Crippen molar-refractivity contribution in [2.75, 3.05) is 18.0 Å². The van der Waals surface area contributed by atoms with E-state index >= 15 is 0 Å². The first kappa shape index (κ1) is 15.9. The maximum Gasteiger partial charge on any atom is 0.410 e. The van der Waals surface area contributed by atoms with Gasteiger partial charge in [-0.3, -0.25) is 0 Å². The summed E-state index contributed by atoms with van der Waals surface area (Å²) in [6.07, 6.45) is 2.33. The first-order valence-electron chi connectivity index (χ1n) is 7.60. The highest BCUT2D eigenvalue weighted by molar-refractivity contribution is 6.31. The Morgan fingerprint density at radius 3 is 2.70 bits per heavy atom. The van der Waals surface area contributed by atoms with Crippen LogP contribution >= 0.6 is 11.6 Å². The number of nitrogens with zero attached hydrogens (tertiary/aromatic N) is 4. The molecular formula is C16H19ClN4O2. The van der Waals surface area contributed by atoms with Crippen LogP contribution in [0.15, 0.2) is 12.3 Å². The fourth-order valence-electron chi connectivity index (χ4n) is 3.19. The number of likely N-dealkylation sites (tertiary alicyclic amines) is 1. The van der Waals surface area contributed by atoms with Gasteiger partial charge in [-0.05, 0) is 33.3 Å². The zero-order valence-electron chi connectivity index (χ0n) is 13.4. The van der Waals surface area contributed by atoms with Crippen LogP contribution in [0.5, 0.6) is 0 Å². The predicted molar refractivity (Wildman–Crippen MR) is 86.4 cm³/mol. The Hall–Kier alpha value is -2.00. The number of ether oxygens (including phenoxy) is 1. The Labute approximate surface area is 140 Å². The number of pyridine rings is 1. The summed E-state index contributed by atoms with van der Waals surface area (Å²) in [5.74, 6) is 0. The van der Waals surface area contributed by atoms with Crippen LogP contribution in [-0.2, 0) is 4.74 Å². The monoisotopic (exact) mass is 334 g/mol. The van der Waals surface area contributed by atoms with Crippen molar-refractivity contribution >= 4 is 23.4 Å². The van der Waals surface area contributed by atoms with E-state index in [1.54, 1.807) is 12.3 Å². The van der Waals surface area contributed by atoms with E-state index in [0.29, 0.717) is 11.6 Å². The summed E-state index contributed by atoms with van der Waals surface area (Å²) >= 11 is 6.07. The molecule has 1 amide bonds. The van der Waals surface area contributed by atoms with Gasteiger partial charge in [0, 0.05) is 19.1 Å². The van der Waals surface area contributed by atoms with Crippen molar-refractivity contribution < 1.29 is 9.53 Å². The fraction of sp³-hybridized carbons (Fsp3) is 0.562. The number of hydrogen-bond donors (Lipinski definition) is 0. The quantitative estimate of drug-likeness (QED) is 0.789. The minimum Gasteiger partial charge on any atom is -0.444 e. The topological polar surface area (TPSA) is 69.5 Å². The molecule has 7 heteroatoms. The summed E-state index contributed by atoms with van der Waals surface area (Å²) in [6.45, 7) is 6.98. The van der Waals surface area contributed by atoms with Crippen molar-refractivity contribution in [3.8, 4) is 6.07 Å². The van der Waals surface area contributed by atoms with Gasteiger partial charge in [-0.15, -0.1) is 0 Å². The average molecular weight is 335 g/mol. The van der Waals surface area contributed by atoms with Crippen molar-refractivity contribution in [2.45, 2.75) is 44.9 Å². The molecule has 2 saturated heterocycles. The molecule has 0 N–H and O–H groups in total. The molecule has 6 nitrogen and oxygen atoms in total. The van der Waals surface area contributed by atoms with Gasteiger partial charge in [-0.25, -0.2) is 9.78 Å². The van der Waals surface area contributed by atoms with Gasteiger partial charge in [0.25, 0.3) is 0 Å². The molecule has 1 aromatic heterocycles. The highest BCUT2D eigenvalue weighted by Gasteiger charge is 2.46. The summed E-state index contributed by atoms with van der Waals surface area (Å²) in [5, 5.41) is 9.26. The molecule has 0 saturated carbocycles. The largest absolute Gasteiger partial charge is 0.444 e. The lowest BCUT2D eigenvalue weighted by Crippen LogP contribution is -2.50. The van der Waals surface area contributed by atoms with Gasteiger partial charge in [0.05, 0.1) is 22.9 Å². The fourth-order valence-corrected chi connectivity index (χ4v) is 3.40. The SMILES string of the molecule is CC(C)(C)OC(=O)N1CC2CC1CN2c1cnc(C#N)c(Cl)c1. The van der Waals surface area contributed by atoms with Gasteiger partial charge in [0.15, 0.2) is 5.69 Å². The second-order valence-corrected chi connectivity index (χ2v) is 7.37. The lowest BCUT2D eigenvalue weighted by atomic mass is 10.2. The second-order valence-electron chi connectivity index (χ2n) is 6.96. The summed E-state index contributed by atoms with van der Waals surface area (Å²) in [5.41, 5.74) is 0.642. The molecule has 0 aliphatic carbocycles. The zero-order valence-corrected chi connectivity index (χ0v) is 14.2. The molecule has 2 aliphatic rings.